The summed E-state index contributed by atoms with van der Waals surface area (Å²) in [5, 5.41) is 2.81. The van der Waals surface area contributed by atoms with Gasteiger partial charge in [0.1, 0.15) is 5.82 Å². The molecule has 2 nitrogen and oxygen atoms in total. The number of carbonyl (C=O) groups excluding carboxylic acids is 1. The van der Waals surface area contributed by atoms with Gasteiger partial charge >= 0.3 is 0 Å². The summed E-state index contributed by atoms with van der Waals surface area (Å²) in [6.45, 7) is 0. The maximum absolute atomic E-state index is 13.9. The highest BCUT2D eigenvalue weighted by atomic mass is 79.9. The number of hydrogen-bond donors (Lipinski definition) is 1. The van der Waals surface area contributed by atoms with Crippen LogP contribution >= 0.6 is 39.5 Å². The summed E-state index contributed by atoms with van der Waals surface area (Å²) in [7, 11) is 0. The van der Waals surface area contributed by atoms with Crippen molar-refractivity contribution in [1.29, 1.82) is 0 Å². The van der Waals surface area contributed by atoms with E-state index in [0.29, 0.717) is 20.4 Å². The van der Waals surface area contributed by atoms with E-state index in [1.54, 1.807) is 12.1 Å². The standard InChI is InChI=1S/C17H19BrFNOS2/c18-13-3-4-15(14(19)9-13)20-16(21)10-7-11-1-2-12(8-10)17(11)22-5-6-23-17/h3-4,9-12H,1-2,5-8H2,(H,20,21). The maximum Gasteiger partial charge on any atom is 0.227 e. The van der Waals surface area contributed by atoms with Gasteiger partial charge in [0.25, 0.3) is 0 Å². The second-order valence-electron chi connectivity index (χ2n) is 6.67. The average molecular weight is 416 g/mol. The first kappa shape index (κ1) is 16.3. The average Bonchev–Trinajstić information content (AvgIpc) is 3.05. The molecule has 3 fully saturated rings. The molecule has 1 spiro atoms. The lowest BCUT2D eigenvalue weighted by Gasteiger charge is -2.42. The van der Waals surface area contributed by atoms with Gasteiger partial charge in [-0.3, -0.25) is 4.79 Å². The summed E-state index contributed by atoms with van der Waals surface area (Å²) < 4.78 is 15.0. The van der Waals surface area contributed by atoms with Gasteiger partial charge in [0.2, 0.25) is 5.91 Å². The van der Waals surface area contributed by atoms with Crippen LogP contribution in [0.3, 0.4) is 0 Å². The van der Waals surface area contributed by atoms with Crippen LogP contribution in [0.15, 0.2) is 22.7 Å². The predicted octanol–water partition coefficient (Wildman–Crippen LogP) is 5.14. The molecule has 1 amide bonds. The molecule has 1 aromatic rings. The van der Waals surface area contributed by atoms with E-state index in [2.05, 4.69) is 44.8 Å². The van der Waals surface area contributed by atoms with E-state index in [0.717, 1.165) is 12.8 Å². The van der Waals surface area contributed by atoms with Crippen molar-refractivity contribution in [3.8, 4) is 0 Å². The minimum Gasteiger partial charge on any atom is -0.323 e. The molecule has 0 aromatic heterocycles. The fourth-order valence-electron chi connectivity index (χ4n) is 4.44. The van der Waals surface area contributed by atoms with Gasteiger partial charge < -0.3 is 5.32 Å². The van der Waals surface area contributed by atoms with Crippen LogP contribution in [0.25, 0.3) is 0 Å². The monoisotopic (exact) mass is 415 g/mol. The highest BCUT2D eigenvalue weighted by Crippen LogP contribution is 2.65. The lowest BCUT2D eigenvalue weighted by atomic mass is 9.79. The van der Waals surface area contributed by atoms with Crippen molar-refractivity contribution in [2.45, 2.75) is 29.8 Å². The smallest absolute Gasteiger partial charge is 0.227 e. The summed E-state index contributed by atoms with van der Waals surface area (Å²) in [5.41, 5.74) is 0.287. The Morgan fingerprint density at radius 1 is 1.22 bits per heavy atom. The molecule has 124 valence electrons. The number of thioether (sulfide) groups is 2. The van der Waals surface area contributed by atoms with Gasteiger partial charge in [0.05, 0.1) is 9.77 Å². The van der Waals surface area contributed by atoms with Crippen LogP contribution in [0.5, 0.6) is 0 Å². The van der Waals surface area contributed by atoms with Gasteiger partial charge in [-0.25, -0.2) is 4.39 Å². The molecule has 2 saturated carbocycles. The topological polar surface area (TPSA) is 29.1 Å². The SMILES string of the molecule is O=C(Nc1ccc(Br)cc1F)C1CC2CCC(C1)C21SCCS1. The van der Waals surface area contributed by atoms with Crippen molar-refractivity contribution in [1.82, 2.24) is 0 Å². The Morgan fingerprint density at radius 2 is 1.87 bits per heavy atom. The minimum atomic E-state index is -0.384. The zero-order valence-corrected chi connectivity index (χ0v) is 15.9. The van der Waals surface area contributed by atoms with Crippen LogP contribution in [-0.4, -0.2) is 21.5 Å². The second kappa shape index (κ2) is 6.26. The second-order valence-corrected chi connectivity index (χ2v) is 10.6. The number of nitrogens with one attached hydrogen (secondary N) is 1. The van der Waals surface area contributed by atoms with Gasteiger partial charge in [-0.15, -0.1) is 23.5 Å². The number of amides is 1. The minimum absolute atomic E-state index is 0.00836. The van der Waals surface area contributed by atoms with Crippen molar-refractivity contribution in [2.24, 2.45) is 17.8 Å². The van der Waals surface area contributed by atoms with E-state index in [-0.39, 0.29) is 23.3 Å². The third-order valence-corrected chi connectivity index (χ3v) is 9.95. The molecule has 4 rings (SSSR count). The summed E-state index contributed by atoms with van der Waals surface area (Å²) >= 11 is 7.50. The van der Waals surface area contributed by atoms with Crippen molar-refractivity contribution in [2.75, 3.05) is 16.8 Å². The van der Waals surface area contributed by atoms with E-state index in [9.17, 15) is 9.18 Å². The molecule has 1 aliphatic heterocycles. The molecule has 2 atom stereocenters. The maximum atomic E-state index is 13.9. The van der Waals surface area contributed by atoms with Gasteiger partial charge in [0.15, 0.2) is 0 Å². The third kappa shape index (κ3) is 2.85. The number of anilines is 1. The summed E-state index contributed by atoms with van der Waals surface area (Å²) in [6, 6.07) is 4.77. The molecule has 6 heteroatoms. The number of hydrogen-bond acceptors (Lipinski definition) is 3. The molecular formula is C17H19BrFNOS2. The quantitative estimate of drug-likeness (QED) is 0.724. The van der Waals surface area contributed by atoms with E-state index < -0.39 is 0 Å². The Bertz CT molecular complexity index is 619. The van der Waals surface area contributed by atoms with Gasteiger partial charge in [-0.05, 0) is 55.7 Å². The summed E-state index contributed by atoms with van der Waals surface area (Å²) in [5.74, 6) is 3.42. The molecule has 1 aromatic carbocycles. The zero-order valence-electron chi connectivity index (χ0n) is 12.7. The first-order valence-electron chi connectivity index (χ1n) is 8.12. The predicted molar refractivity (Wildman–Crippen MR) is 99.3 cm³/mol. The van der Waals surface area contributed by atoms with Crippen LogP contribution < -0.4 is 5.32 Å². The molecule has 2 aliphatic carbocycles. The number of carbonyl (C=O) groups is 1. The summed E-state index contributed by atoms with van der Waals surface area (Å²) in [4.78, 5) is 12.6. The molecule has 3 aliphatic rings. The molecule has 0 radical (unpaired) electrons. The molecule has 2 bridgehead atoms. The Labute approximate surface area is 152 Å². The molecular weight excluding hydrogens is 397 g/mol. The molecule has 2 unspecified atom stereocenters. The van der Waals surface area contributed by atoms with Crippen molar-refractivity contribution >= 4 is 51.0 Å². The Balaban J connectivity index is 1.46. The van der Waals surface area contributed by atoms with Gasteiger partial charge in [0, 0.05) is 21.9 Å². The highest BCUT2D eigenvalue weighted by Gasteiger charge is 2.57. The normalized spacial score (nSPS) is 31.5. The largest absolute Gasteiger partial charge is 0.323 e. The van der Waals surface area contributed by atoms with Crippen molar-refractivity contribution < 1.29 is 9.18 Å². The van der Waals surface area contributed by atoms with E-state index >= 15 is 0 Å². The fraction of sp³-hybridized carbons (Fsp3) is 0.588. The Hall–Kier alpha value is -0.200. The third-order valence-electron chi connectivity index (χ3n) is 5.44. The highest BCUT2D eigenvalue weighted by molar-refractivity contribution is 9.10. The van der Waals surface area contributed by atoms with Crippen LogP contribution in [-0.2, 0) is 4.79 Å². The van der Waals surface area contributed by atoms with Crippen molar-refractivity contribution in [3.63, 3.8) is 0 Å². The fourth-order valence-corrected chi connectivity index (χ4v) is 8.71. The number of halogens is 2. The molecule has 1 saturated heterocycles. The van der Waals surface area contributed by atoms with E-state index in [1.807, 2.05) is 0 Å². The van der Waals surface area contributed by atoms with Crippen LogP contribution in [0.4, 0.5) is 10.1 Å². The van der Waals surface area contributed by atoms with Crippen LogP contribution in [0, 0.1) is 23.6 Å². The molecule has 1 N–H and O–H groups in total. The number of benzene rings is 1. The Morgan fingerprint density at radius 3 is 2.48 bits per heavy atom. The summed E-state index contributed by atoms with van der Waals surface area (Å²) in [6.07, 6.45) is 4.42. The zero-order chi connectivity index (χ0) is 16.0. The van der Waals surface area contributed by atoms with E-state index in [4.69, 9.17) is 0 Å². The first-order chi connectivity index (χ1) is 11.1. The lowest BCUT2D eigenvalue weighted by Crippen LogP contribution is -2.41. The van der Waals surface area contributed by atoms with Gasteiger partial charge in [-0.1, -0.05) is 15.9 Å². The van der Waals surface area contributed by atoms with E-state index in [1.165, 1.54) is 30.4 Å². The lowest BCUT2D eigenvalue weighted by molar-refractivity contribution is -0.121. The molecule has 1 heterocycles. The van der Waals surface area contributed by atoms with Crippen LogP contribution in [0.1, 0.15) is 25.7 Å². The van der Waals surface area contributed by atoms with Crippen molar-refractivity contribution in [3.05, 3.63) is 28.5 Å². The molecule has 23 heavy (non-hydrogen) atoms. The Kier molecular flexibility index (Phi) is 4.43. The first-order valence-corrected chi connectivity index (χ1v) is 10.9. The van der Waals surface area contributed by atoms with Crippen LogP contribution in [0.2, 0.25) is 0 Å². The number of rotatable bonds is 2. The van der Waals surface area contributed by atoms with Gasteiger partial charge in [-0.2, -0.15) is 0 Å².